The minimum Gasteiger partial charge on any atom is -0.481 e. The van der Waals surface area contributed by atoms with Crippen molar-refractivity contribution in [3.05, 3.63) is 43.4 Å². The molecular weight excluding hydrogens is 380 g/mol. The van der Waals surface area contributed by atoms with Gasteiger partial charge in [0.1, 0.15) is 0 Å². The number of nitrogens with zero attached hydrogens (tertiary/aromatic N) is 2. The number of hydrogen-bond acceptors (Lipinski definition) is 6. The van der Waals surface area contributed by atoms with Gasteiger partial charge in [0.05, 0.1) is 21.9 Å². The quantitative estimate of drug-likeness (QED) is 0.616. The average Bonchev–Trinajstić information content (AvgIpc) is 2.68. The number of aryl methyl sites for hydroxylation is 1. The normalized spacial score (nSPS) is 10.6. The topological polar surface area (TPSA) is 93.3 Å². The van der Waals surface area contributed by atoms with E-state index in [1.807, 2.05) is 0 Å². The Morgan fingerprint density at radius 2 is 2.29 bits per heavy atom. The number of aromatic nitrogens is 1. The van der Waals surface area contributed by atoms with Crippen LogP contribution >= 0.6 is 39.0 Å². The molecule has 1 N–H and O–H groups in total. The smallest absolute Gasteiger partial charge is 0.308 e. The number of rotatable bonds is 5. The van der Waals surface area contributed by atoms with Crippen molar-refractivity contribution >= 4 is 50.7 Å². The standard InChI is InChI=1S/C12H9BrN2O4S2/c1-6-9(5-11(16)17)20-12(14-6)21-10-4-7(13)2-3-8(10)15(18)19/h2-4H,5H2,1H3,(H,16,17). The Morgan fingerprint density at radius 1 is 1.57 bits per heavy atom. The predicted molar refractivity (Wildman–Crippen MR) is 83.1 cm³/mol. The van der Waals surface area contributed by atoms with Crippen molar-refractivity contribution in [3.63, 3.8) is 0 Å². The van der Waals surface area contributed by atoms with Crippen molar-refractivity contribution in [2.45, 2.75) is 22.6 Å². The first kappa shape index (κ1) is 15.9. The molecular formula is C12H9BrN2O4S2. The lowest BCUT2D eigenvalue weighted by Gasteiger charge is -2.00. The molecule has 0 saturated carbocycles. The van der Waals surface area contributed by atoms with Crippen LogP contribution in [-0.4, -0.2) is 21.0 Å². The minimum absolute atomic E-state index is 0.00385. The summed E-state index contributed by atoms with van der Waals surface area (Å²) in [6, 6.07) is 4.67. The maximum absolute atomic E-state index is 11.0. The zero-order valence-corrected chi connectivity index (χ0v) is 13.9. The van der Waals surface area contributed by atoms with Crippen LogP contribution in [0.5, 0.6) is 0 Å². The lowest BCUT2D eigenvalue weighted by molar-refractivity contribution is -0.387. The van der Waals surface area contributed by atoms with Crippen LogP contribution in [0.2, 0.25) is 0 Å². The van der Waals surface area contributed by atoms with Crippen LogP contribution in [0.25, 0.3) is 0 Å². The molecule has 0 saturated heterocycles. The lowest BCUT2D eigenvalue weighted by Crippen LogP contribution is -1.99. The van der Waals surface area contributed by atoms with Crippen molar-refractivity contribution in [2.75, 3.05) is 0 Å². The number of halogens is 1. The lowest BCUT2D eigenvalue weighted by atomic mass is 10.3. The second-order valence-electron chi connectivity index (χ2n) is 4.03. The minimum atomic E-state index is -0.924. The predicted octanol–water partition coefficient (Wildman–Crippen LogP) is 3.90. The molecule has 0 unspecified atom stereocenters. The van der Waals surface area contributed by atoms with Crippen LogP contribution in [0, 0.1) is 17.0 Å². The maximum atomic E-state index is 11.0. The largest absolute Gasteiger partial charge is 0.481 e. The first-order valence-electron chi connectivity index (χ1n) is 5.66. The van der Waals surface area contributed by atoms with Crippen LogP contribution in [0.1, 0.15) is 10.6 Å². The fraction of sp³-hybridized carbons (Fsp3) is 0.167. The van der Waals surface area contributed by atoms with Crippen molar-refractivity contribution in [1.29, 1.82) is 0 Å². The van der Waals surface area contributed by atoms with Crippen LogP contribution in [-0.2, 0) is 11.2 Å². The third-order valence-electron chi connectivity index (χ3n) is 2.50. The highest BCUT2D eigenvalue weighted by Crippen LogP contribution is 2.39. The zero-order valence-electron chi connectivity index (χ0n) is 10.7. The van der Waals surface area contributed by atoms with Gasteiger partial charge in [0.15, 0.2) is 4.34 Å². The maximum Gasteiger partial charge on any atom is 0.308 e. The summed E-state index contributed by atoms with van der Waals surface area (Å²) in [5.41, 5.74) is 0.637. The van der Waals surface area contributed by atoms with E-state index in [9.17, 15) is 14.9 Å². The second kappa shape index (κ2) is 6.54. The fourth-order valence-electron chi connectivity index (χ4n) is 1.56. The van der Waals surface area contributed by atoms with Gasteiger partial charge in [-0.3, -0.25) is 14.9 Å². The van der Waals surface area contributed by atoms with E-state index in [2.05, 4.69) is 20.9 Å². The Kier molecular flexibility index (Phi) is 4.96. The van der Waals surface area contributed by atoms with Gasteiger partial charge in [0.2, 0.25) is 0 Å². The molecule has 0 spiro atoms. The number of benzene rings is 1. The van der Waals surface area contributed by atoms with Crippen molar-refractivity contribution < 1.29 is 14.8 Å². The summed E-state index contributed by atoms with van der Waals surface area (Å²) in [7, 11) is 0. The fourth-order valence-corrected chi connectivity index (χ4v) is 4.40. The van der Waals surface area contributed by atoms with E-state index in [1.165, 1.54) is 17.4 Å². The van der Waals surface area contributed by atoms with Crippen LogP contribution in [0.3, 0.4) is 0 Å². The highest BCUT2D eigenvalue weighted by atomic mass is 79.9. The number of thiazole rings is 1. The van der Waals surface area contributed by atoms with Crippen molar-refractivity contribution in [1.82, 2.24) is 4.98 Å². The molecule has 6 nitrogen and oxygen atoms in total. The molecule has 0 radical (unpaired) electrons. The number of carbonyl (C=O) groups is 1. The van der Waals surface area contributed by atoms with Gasteiger partial charge in [-0.2, -0.15) is 0 Å². The molecule has 9 heteroatoms. The molecule has 1 aromatic heterocycles. The summed E-state index contributed by atoms with van der Waals surface area (Å²) in [5.74, 6) is -0.924. The highest BCUT2D eigenvalue weighted by molar-refractivity contribution is 9.10. The molecule has 2 aromatic rings. The molecule has 0 atom stereocenters. The summed E-state index contributed by atoms with van der Waals surface area (Å²) < 4.78 is 1.32. The summed E-state index contributed by atoms with van der Waals surface area (Å²) in [6.07, 6.45) is -0.0926. The van der Waals surface area contributed by atoms with Crippen molar-refractivity contribution in [3.8, 4) is 0 Å². The molecule has 0 aliphatic carbocycles. The van der Waals surface area contributed by atoms with Crippen LogP contribution < -0.4 is 0 Å². The van der Waals surface area contributed by atoms with Gasteiger partial charge in [-0.15, -0.1) is 11.3 Å². The summed E-state index contributed by atoms with van der Waals surface area (Å²) in [6.45, 7) is 1.73. The third kappa shape index (κ3) is 4.02. The molecule has 1 aromatic carbocycles. The van der Waals surface area contributed by atoms with Crippen molar-refractivity contribution in [2.24, 2.45) is 0 Å². The third-order valence-corrected chi connectivity index (χ3v) is 5.26. The Hall–Kier alpha value is -1.45. The van der Waals surface area contributed by atoms with Gasteiger partial charge in [-0.25, -0.2) is 4.98 Å². The Labute approximate surface area is 136 Å². The Bertz CT molecular complexity index is 717. The molecule has 21 heavy (non-hydrogen) atoms. The monoisotopic (exact) mass is 388 g/mol. The van der Waals surface area contributed by atoms with Gasteiger partial charge in [0, 0.05) is 15.4 Å². The molecule has 0 amide bonds. The molecule has 0 fully saturated rings. The number of aliphatic carboxylic acids is 1. The second-order valence-corrected chi connectivity index (χ2v) is 7.32. The van der Waals surface area contributed by atoms with Gasteiger partial charge in [-0.05, 0) is 19.1 Å². The number of carboxylic acid groups (broad SMARTS) is 1. The first-order valence-corrected chi connectivity index (χ1v) is 8.09. The van der Waals surface area contributed by atoms with E-state index in [-0.39, 0.29) is 12.1 Å². The molecule has 0 bridgehead atoms. The van der Waals surface area contributed by atoms with E-state index in [4.69, 9.17) is 5.11 Å². The molecule has 110 valence electrons. The summed E-state index contributed by atoms with van der Waals surface area (Å²) >= 11 is 5.68. The van der Waals surface area contributed by atoms with Gasteiger partial charge < -0.3 is 5.11 Å². The zero-order chi connectivity index (χ0) is 15.6. The summed E-state index contributed by atoms with van der Waals surface area (Å²) in [4.78, 5) is 26.7. The van der Waals surface area contributed by atoms with E-state index < -0.39 is 10.9 Å². The molecule has 0 aliphatic rings. The molecule has 1 heterocycles. The van der Waals surface area contributed by atoms with E-state index in [0.29, 0.717) is 19.8 Å². The molecule has 2 rings (SSSR count). The number of nitro benzene ring substituents is 1. The summed E-state index contributed by atoms with van der Waals surface area (Å²) in [5, 5.41) is 19.8. The average molecular weight is 389 g/mol. The first-order chi connectivity index (χ1) is 9.86. The number of carboxylic acids is 1. The molecule has 0 aliphatic heterocycles. The Morgan fingerprint density at radius 3 is 2.90 bits per heavy atom. The highest BCUT2D eigenvalue weighted by Gasteiger charge is 2.18. The van der Waals surface area contributed by atoms with Gasteiger partial charge in [-0.1, -0.05) is 27.7 Å². The SMILES string of the molecule is Cc1nc(Sc2cc(Br)ccc2[N+](=O)[O-])sc1CC(=O)O. The Balaban J connectivity index is 2.32. The van der Waals surface area contributed by atoms with Gasteiger partial charge in [0.25, 0.3) is 5.69 Å². The number of hydrogen-bond donors (Lipinski definition) is 1. The van der Waals surface area contributed by atoms with E-state index in [0.717, 1.165) is 16.2 Å². The van der Waals surface area contributed by atoms with E-state index >= 15 is 0 Å². The van der Waals surface area contributed by atoms with Crippen LogP contribution in [0.15, 0.2) is 31.9 Å². The number of nitro groups is 1. The van der Waals surface area contributed by atoms with Crippen LogP contribution in [0.4, 0.5) is 5.69 Å². The van der Waals surface area contributed by atoms with E-state index in [1.54, 1.807) is 19.1 Å². The van der Waals surface area contributed by atoms with Gasteiger partial charge >= 0.3 is 5.97 Å².